The molecule has 3 aromatic rings. The highest BCUT2D eigenvalue weighted by Gasteiger charge is 2.63. The molecule has 6 unspecified atom stereocenters. The van der Waals surface area contributed by atoms with E-state index in [1.807, 2.05) is 18.2 Å². The van der Waals surface area contributed by atoms with Crippen LogP contribution in [0.15, 0.2) is 96.2 Å². The summed E-state index contributed by atoms with van der Waals surface area (Å²) in [4.78, 5) is 16.8. The highest BCUT2D eigenvalue weighted by atomic mass is 32.2. The van der Waals surface area contributed by atoms with Crippen molar-refractivity contribution in [3.05, 3.63) is 124 Å². The number of hydrogen-bond acceptors (Lipinski definition) is 10. The molecule has 6 rings (SSSR count). The van der Waals surface area contributed by atoms with Gasteiger partial charge in [-0.15, -0.1) is 6.58 Å². The third-order valence-corrected chi connectivity index (χ3v) is 12.1. The van der Waals surface area contributed by atoms with Gasteiger partial charge in [0.05, 0.1) is 28.4 Å². The van der Waals surface area contributed by atoms with Crippen molar-refractivity contribution in [2.75, 3.05) is 25.6 Å². The predicted molar refractivity (Wildman–Crippen MR) is 212 cm³/mol. The van der Waals surface area contributed by atoms with E-state index in [9.17, 15) is 24.7 Å². The largest absolute Gasteiger partial charge is 0.489 e. The number of hydrogen-bond donors (Lipinski definition) is 2. The maximum absolute atomic E-state index is 14.6. The first-order valence-corrected chi connectivity index (χ1v) is 20.3. The number of non-ortho nitro benzene ring substituents is 1. The number of rotatable bonds is 20. The summed E-state index contributed by atoms with van der Waals surface area (Å²) in [6.45, 7) is 6.79. The molecular weight excluding hydrogens is 724 g/mol. The molecule has 1 fully saturated rings. The molecule has 55 heavy (non-hydrogen) atoms. The second-order valence-electron chi connectivity index (χ2n) is 14.3. The van der Waals surface area contributed by atoms with Crippen molar-refractivity contribution in [1.82, 2.24) is 0 Å². The predicted octanol–water partition coefficient (Wildman–Crippen LogP) is 8.90. The summed E-state index contributed by atoms with van der Waals surface area (Å²) in [5.41, 5.74) is 4.02. The summed E-state index contributed by atoms with van der Waals surface area (Å²) < 4.78 is 34.9. The number of halogens is 1. The van der Waals surface area contributed by atoms with E-state index < -0.39 is 10.7 Å². The fourth-order valence-corrected chi connectivity index (χ4v) is 9.62. The van der Waals surface area contributed by atoms with Gasteiger partial charge in [0.2, 0.25) is 5.79 Å². The van der Waals surface area contributed by atoms with E-state index in [4.69, 9.17) is 24.2 Å². The van der Waals surface area contributed by atoms with Crippen LogP contribution in [-0.2, 0) is 22.8 Å². The van der Waals surface area contributed by atoms with E-state index >= 15 is 0 Å². The van der Waals surface area contributed by atoms with Gasteiger partial charge in [0.15, 0.2) is 0 Å². The number of nitrogens with zero attached hydrogens (tertiary/aromatic N) is 2. The first kappa shape index (κ1) is 40.4. The Kier molecular flexibility index (Phi) is 14.0. The van der Waals surface area contributed by atoms with Crippen molar-refractivity contribution in [3.8, 4) is 11.5 Å². The van der Waals surface area contributed by atoms with Crippen LogP contribution in [0.4, 0.5) is 10.1 Å². The lowest BCUT2D eigenvalue weighted by molar-refractivity contribution is -0.384. The average Bonchev–Trinajstić information content (AvgIpc) is 3.19. The third kappa shape index (κ3) is 9.09. The lowest BCUT2D eigenvalue weighted by Crippen LogP contribution is -2.64. The van der Waals surface area contributed by atoms with E-state index in [0.29, 0.717) is 36.3 Å². The Hall–Kier alpha value is -4.23. The number of nitro benzene ring substituents is 1. The molecule has 3 aliphatic rings. The van der Waals surface area contributed by atoms with Gasteiger partial charge in [0.25, 0.3) is 5.69 Å². The van der Waals surface area contributed by atoms with E-state index in [2.05, 4.69) is 19.6 Å². The van der Waals surface area contributed by atoms with Crippen molar-refractivity contribution in [3.63, 3.8) is 0 Å². The van der Waals surface area contributed by atoms with Gasteiger partial charge in [-0.05, 0) is 90.8 Å². The summed E-state index contributed by atoms with van der Waals surface area (Å²) in [6, 6.07) is 18.7. The van der Waals surface area contributed by atoms with Crippen LogP contribution in [0.5, 0.6) is 11.5 Å². The van der Waals surface area contributed by atoms with Gasteiger partial charge in [-0.1, -0.05) is 55.3 Å². The molecule has 2 aliphatic carbocycles. The molecule has 0 radical (unpaired) electrons. The number of aliphatic hydroxyl groups excluding tert-OH is 2. The number of aliphatic hydroxyl groups is 2. The van der Waals surface area contributed by atoms with E-state index in [0.717, 1.165) is 53.8 Å². The Balaban J connectivity index is 1.46. The molecule has 1 aliphatic heterocycles. The number of ether oxygens (including phenoxy) is 3. The standard InChI is InChI=1S/C43H51FN2O8S/c1-3-23-52-43-40(55-4-2)26-38(45-53-27-29-15-17-32(18-16-29)46(49)50)35-24-30(11-7-9-21-47)34(13-8-10-22-48)41(42(35)43)36-25-33(19-20-39(36)54-43)51-28-31-12-5-6-14-37(31)44/h3,5-6,12,14-20,24-25,30,34,40-42,47-48H,1,4,7-11,13,21-23,26-28H2,2H3. The summed E-state index contributed by atoms with van der Waals surface area (Å²) in [5.74, 6) is 0.555. The molecular formula is C43H51FN2O8S. The Morgan fingerprint density at radius 2 is 1.82 bits per heavy atom. The van der Waals surface area contributed by atoms with Gasteiger partial charge >= 0.3 is 0 Å². The average molecular weight is 775 g/mol. The maximum Gasteiger partial charge on any atom is 0.269 e. The van der Waals surface area contributed by atoms with Crippen molar-refractivity contribution in [1.29, 1.82) is 0 Å². The van der Waals surface area contributed by atoms with Crippen molar-refractivity contribution in [2.45, 2.75) is 82.0 Å². The summed E-state index contributed by atoms with van der Waals surface area (Å²) >= 11 is 1.76. The normalized spacial score (nSPS) is 24.6. The number of fused-ring (bicyclic) bond motifs is 2. The number of benzene rings is 3. The van der Waals surface area contributed by atoms with Gasteiger partial charge in [-0.2, -0.15) is 11.8 Å². The SMILES string of the molecule is C=CCOC12Oc3ccc(OCc4ccccc4F)cc3C3C(CCCCO)C(CCCCO)C=C(C(=NOCc4ccc([N+](=O)[O-])cc4)CC1SCC)C32. The fourth-order valence-electron chi connectivity index (χ4n) is 8.44. The Morgan fingerprint density at radius 3 is 2.53 bits per heavy atom. The van der Waals surface area contributed by atoms with Crippen LogP contribution >= 0.6 is 11.8 Å². The zero-order chi connectivity index (χ0) is 38.8. The van der Waals surface area contributed by atoms with Crippen LogP contribution in [0, 0.1) is 33.7 Å². The van der Waals surface area contributed by atoms with Crippen molar-refractivity contribution < 1.29 is 38.6 Å². The van der Waals surface area contributed by atoms with Crippen LogP contribution in [-0.4, -0.2) is 57.5 Å². The molecule has 0 amide bonds. The summed E-state index contributed by atoms with van der Waals surface area (Å²) in [5, 5.41) is 35.4. The molecule has 0 spiro atoms. The van der Waals surface area contributed by atoms with E-state index in [1.165, 1.54) is 18.2 Å². The summed E-state index contributed by atoms with van der Waals surface area (Å²) in [6.07, 6.45) is 9.33. The zero-order valence-electron chi connectivity index (χ0n) is 31.3. The molecule has 3 aromatic carbocycles. The van der Waals surface area contributed by atoms with Crippen molar-refractivity contribution >= 4 is 23.2 Å². The van der Waals surface area contributed by atoms with Crippen LogP contribution in [0.1, 0.15) is 74.5 Å². The first-order valence-electron chi connectivity index (χ1n) is 19.2. The van der Waals surface area contributed by atoms with Crippen LogP contribution in [0.2, 0.25) is 0 Å². The molecule has 1 heterocycles. The minimum Gasteiger partial charge on any atom is -0.489 e. The molecule has 6 atom stereocenters. The fraction of sp³-hybridized carbons (Fsp3) is 0.465. The molecule has 0 bridgehead atoms. The lowest BCUT2D eigenvalue weighted by Gasteiger charge is -2.58. The number of thioether (sulfide) groups is 1. The Bertz CT molecular complexity index is 1840. The topological polar surface area (TPSA) is 133 Å². The van der Waals surface area contributed by atoms with Crippen LogP contribution < -0.4 is 9.47 Å². The molecule has 0 saturated heterocycles. The van der Waals surface area contributed by atoms with Gasteiger partial charge in [-0.3, -0.25) is 10.1 Å². The number of oxime groups is 1. The second-order valence-corrected chi connectivity index (χ2v) is 15.8. The second kappa shape index (κ2) is 19.1. The van der Waals surface area contributed by atoms with Crippen LogP contribution in [0.3, 0.4) is 0 Å². The quantitative estimate of drug-likeness (QED) is 0.0500. The van der Waals surface area contributed by atoms with Crippen molar-refractivity contribution in [2.24, 2.45) is 22.9 Å². The van der Waals surface area contributed by atoms with Gasteiger partial charge in [0, 0.05) is 48.8 Å². The van der Waals surface area contributed by atoms with Crippen LogP contribution in [0.25, 0.3) is 0 Å². The molecule has 12 heteroatoms. The molecule has 10 nitrogen and oxygen atoms in total. The number of unbranched alkanes of at least 4 members (excludes halogenated alkanes) is 2. The first-order chi connectivity index (χ1) is 26.8. The van der Waals surface area contributed by atoms with Gasteiger partial charge in [-0.25, -0.2) is 4.39 Å². The minimum atomic E-state index is -1.07. The lowest BCUT2D eigenvalue weighted by atomic mass is 9.56. The molecule has 2 N–H and O–H groups in total. The van der Waals surface area contributed by atoms with E-state index in [-0.39, 0.29) is 73.5 Å². The van der Waals surface area contributed by atoms with Gasteiger partial charge < -0.3 is 29.3 Å². The highest BCUT2D eigenvalue weighted by molar-refractivity contribution is 8.00. The maximum atomic E-state index is 14.6. The van der Waals surface area contributed by atoms with Gasteiger partial charge in [0.1, 0.15) is 30.5 Å². The number of nitro groups is 1. The highest BCUT2D eigenvalue weighted by Crippen LogP contribution is 2.62. The molecule has 0 aromatic heterocycles. The summed E-state index contributed by atoms with van der Waals surface area (Å²) in [7, 11) is 0. The smallest absolute Gasteiger partial charge is 0.269 e. The third-order valence-electron chi connectivity index (χ3n) is 10.9. The zero-order valence-corrected chi connectivity index (χ0v) is 32.1. The number of allylic oxidation sites excluding steroid dienone is 1. The molecule has 1 saturated carbocycles. The molecule has 294 valence electrons. The Morgan fingerprint density at radius 1 is 1.05 bits per heavy atom. The monoisotopic (exact) mass is 774 g/mol. The minimum absolute atomic E-state index is 0.00944. The van der Waals surface area contributed by atoms with E-state index in [1.54, 1.807) is 48.2 Å². The Labute approximate surface area is 326 Å².